The van der Waals surface area contributed by atoms with Crippen molar-refractivity contribution in [1.82, 2.24) is 0 Å². The maximum absolute atomic E-state index is 6.20. The molecule has 0 heterocycles. The van der Waals surface area contributed by atoms with Gasteiger partial charge in [-0.15, -0.1) is 11.6 Å². The van der Waals surface area contributed by atoms with Crippen molar-refractivity contribution < 1.29 is 9.47 Å². The molecule has 0 saturated carbocycles. The average Bonchev–Trinajstić information content (AvgIpc) is 2.27. The summed E-state index contributed by atoms with van der Waals surface area (Å²) in [7, 11) is 3.25. The van der Waals surface area contributed by atoms with E-state index in [1.54, 1.807) is 14.2 Å². The van der Waals surface area contributed by atoms with E-state index in [-0.39, 0.29) is 5.38 Å². The molecular weight excluding hydrogens is 279 g/mol. The van der Waals surface area contributed by atoms with E-state index >= 15 is 0 Å². The summed E-state index contributed by atoms with van der Waals surface area (Å²) in [5, 5.41) is -0.0397. The number of hydrogen-bond acceptors (Lipinski definition) is 2. The normalized spacial score (nSPS) is 12.3. The Morgan fingerprint density at radius 3 is 2.47 bits per heavy atom. The fourth-order valence-electron chi connectivity index (χ4n) is 1.38. The second-order valence-corrected chi connectivity index (χ2v) is 4.40. The molecule has 4 heteroatoms. The monoisotopic (exact) mass is 292 g/mol. The Bertz CT molecular complexity index is 342. The van der Waals surface area contributed by atoms with E-state index in [0.29, 0.717) is 0 Å². The summed E-state index contributed by atoms with van der Waals surface area (Å²) in [5.74, 6) is 1.49. The average molecular weight is 294 g/mol. The molecule has 2 nitrogen and oxygen atoms in total. The minimum Gasteiger partial charge on any atom is -0.495 e. The molecule has 0 saturated heterocycles. The number of methoxy groups -OCH3 is 2. The molecule has 0 fully saturated rings. The van der Waals surface area contributed by atoms with Crippen molar-refractivity contribution in [2.24, 2.45) is 0 Å². The maximum atomic E-state index is 6.20. The van der Waals surface area contributed by atoms with Crippen molar-refractivity contribution in [1.29, 1.82) is 0 Å². The summed E-state index contributed by atoms with van der Waals surface area (Å²) >= 11 is 9.64. The zero-order valence-corrected chi connectivity index (χ0v) is 11.4. The van der Waals surface area contributed by atoms with Crippen LogP contribution in [0.5, 0.6) is 11.5 Å². The van der Waals surface area contributed by atoms with Crippen molar-refractivity contribution in [2.75, 3.05) is 14.2 Å². The van der Waals surface area contributed by atoms with E-state index < -0.39 is 0 Å². The molecule has 84 valence electrons. The molecule has 15 heavy (non-hydrogen) atoms. The van der Waals surface area contributed by atoms with Crippen molar-refractivity contribution in [3.05, 3.63) is 22.2 Å². The molecule has 0 spiro atoms. The van der Waals surface area contributed by atoms with Crippen LogP contribution >= 0.6 is 27.5 Å². The lowest BCUT2D eigenvalue weighted by Gasteiger charge is -2.15. The molecular formula is C11H14BrClO2. The van der Waals surface area contributed by atoms with Gasteiger partial charge in [-0.1, -0.05) is 13.0 Å². The van der Waals surface area contributed by atoms with Gasteiger partial charge in [0.05, 0.1) is 19.6 Å². The molecule has 1 aromatic carbocycles. The van der Waals surface area contributed by atoms with Gasteiger partial charge < -0.3 is 9.47 Å². The molecule has 0 aliphatic heterocycles. The molecule has 0 aliphatic carbocycles. The molecule has 0 aromatic heterocycles. The lowest BCUT2D eigenvalue weighted by atomic mass is 10.1. The highest BCUT2D eigenvalue weighted by Crippen LogP contribution is 2.42. The van der Waals surface area contributed by atoms with Gasteiger partial charge in [0.25, 0.3) is 0 Å². The van der Waals surface area contributed by atoms with Gasteiger partial charge in [0.2, 0.25) is 0 Å². The SMILES string of the molecule is CCC(Cl)c1ccc(OC)c(Br)c1OC. The van der Waals surface area contributed by atoms with E-state index in [1.165, 1.54) is 0 Å². The fourth-order valence-corrected chi connectivity index (χ4v) is 2.24. The molecule has 1 unspecified atom stereocenters. The van der Waals surface area contributed by atoms with Crippen LogP contribution in [0.15, 0.2) is 16.6 Å². The van der Waals surface area contributed by atoms with Gasteiger partial charge in [-0.2, -0.15) is 0 Å². The lowest BCUT2D eigenvalue weighted by molar-refractivity contribution is 0.385. The van der Waals surface area contributed by atoms with E-state index in [1.807, 2.05) is 19.1 Å². The highest BCUT2D eigenvalue weighted by atomic mass is 79.9. The first-order valence-corrected chi connectivity index (χ1v) is 5.93. The van der Waals surface area contributed by atoms with Gasteiger partial charge in [-0.25, -0.2) is 0 Å². The quantitative estimate of drug-likeness (QED) is 0.776. The second kappa shape index (κ2) is 5.61. The zero-order valence-electron chi connectivity index (χ0n) is 9.01. The number of rotatable bonds is 4. The van der Waals surface area contributed by atoms with Crippen LogP contribution in [0, 0.1) is 0 Å². The van der Waals surface area contributed by atoms with Crippen LogP contribution in [0.3, 0.4) is 0 Å². The first kappa shape index (κ1) is 12.7. The highest BCUT2D eigenvalue weighted by Gasteiger charge is 2.17. The summed E-state index contributed by atoms with van der Waals surface area (Å²) in [6, 6.07) is 3.82. The van der Waals surface area contributed by atoms with E-state index in [0.717, 1.165) is 28.0 Å². The third kappa shape index (κ3) is 2.58. The van der Waals surface area contributed by atoms with Crippen molar-refractivity contribution >= 4 is 27.5 Å². The maximum Gasteiger partial charge on any atom is 0.141 e. The highest BCUT2D eigenvalue weighted by molar-refractivity contribution is 9.10. The Morgan fingerprint density at radius 1 is 1.33 bits per heavy atom. The van der Waals surface area contributed by atoms with Crippen LogP contribution in [0.2, 0.25) is 0 Å². The van der Waals surface area contributed by atoms with E-state index in [2.05, 4.69) is 15.9 Å². The lowest BCUT2D eigenvalue weighted by Crippen LogP contribution is -1.97. The van der Waals surface area contributed by atoms with Crippen LogP contribution in [0.1, 0.15) is 24.3 Å². The van der Waals surface area contributed by atoms with Crippen molar-refractivity contribution in [3.8, 4) is 11.5 Å². The second-order valence-electron chi connectivity index (χ2n) is 3.08. The van der Waals surface area contributed by atoms with Gasteiger partial charge >= 0.3 is 0 Å². The number of halogens is 2. The van der Waals surface area contributed by atoms with Crippen molar-refractivity contribution in [3.63, 3.8) is 0 Å². The molecule has 1 rings (SSSR count). The zero-order chi connectivity index (χ0) is 11.4. The summed E-state index contributed by atoms with van der Waals surface area (Å²) < 4.78 is 11.3. The van der Waals surface area contributed by atoms with E-state index in [9.17, 15) is 0 Å². The Hall–Kier alpha value is -0.410. The molecule has 0 aliphatic rings. The molecule has 1 aromatic rings. The summed E-state index contributed by atoms with van der Waals surface area (Å²) in [5.41, 5.74) is 0.981. The Balaban J connectivity index is 3.24. The predicted octanol–water partition coefficient (Wildman–Crippen LogP) is 4.16. The molecule has 1 atom stereocenters. The number of alkyl halides is 1. The van der Waals surface area contributed by atoms with Crippen LogP contribution in [0.25, 0.3) is 0 Å². The first-order chi connectivity index (χ1) is 7.15. The molecule has 0 radical (unpaired) electrons. The van der Waals surface area contributed by atoms with Crippen LogP contribution in [-0.2, 0) is 0 Å². The summed E-state index contributed by atoms with van der Waals surface area (Å²) in [6.45, 7) is 2.04. The Morgan fingerprint density at radius 2 is 2.00 bits per heavy atom. The largest absolute Gasteiger partial charge is 0.495 e. The Kier molecular flexibility index (Phi) is 4.74. The topological polar surface area (TPSA) is 18.5 Å². The van der Waals surface area contributed by atoms with Gasteiger partial charge in [0.15, 0.2) is 0 Å². The number of benzene rings is 1. The van der Waals surface area contributed by atoms with Gasteiger partial charge in [0, 0.05) is 5.56 Å². The number of ether oxygens (including phenoxy) is 2. The third-order valence-corrected chi connectivity index (χ3v) is 3.51. The minimum absolute atomic E-state index is 0.0397. The summed E-state index contributed by atoms with van der Waals surface area (Å²) in [4.78, 5) is 0. The molecule has 0 N–H and O–H groups in total. The van der Waals surface area contributed by atoms with Gasteiger partial charge in [-0.05, 0) is 28.4 Å². The summed E-state index contributed by atoms with van der Waals surface area (Å²) in [6.07, 6.45) is 0.858. The first-order valence-electron chi connectivity index (χ1n) is 4.70. The van der Waals surface area contributed by atoms with Gasteiger partial charge in [-0.3, -0.25) is 0 Å². The fraction of sp³-hybridized carbons (Fsp3) is 0.455. The third-order valence-electron chi connectivity index (χ3n) is 2.21. The minimum atomic E-state index is -0.0397. The standard InChI is InChI=1S/C11H14BrClO2/c1-4-8(13)7-5-6-9(14-2)10(12)11(7)15-3/h5-6,8H,4H2,1-3H3. The van der Waals surface area contributed by atoms with Crippen LogP contribution < -0.4 is 9.47 Å². The molecule has 0 bridgehead atoms. The Labute approximate surface area is 104 Å². The van der Waals surface area contributed by atoms with Gasteiger partial charge in [0.1, 0.15) is 16.0 Å². The molecule has 0 amide bonds. The van der Waals surface area contributed by atoms with Crippen LogP contribution in [-0.4, -0.2) is 14.2 Å². The smallest absolute Gasteiger partial charge is 0.141 e. The predicted molar refractivity (Wildman–Crippen MR) is 66.1 cm³/mol. The van der Waals surface area contributed by atoms with Crippen molar-refractivity contribution in [2.45, 2.75) is 18.7 Å². The number of hydrogen-bond donors (Lipinski definition) is 0. The van der Waals surface area contributed by atoms with E-state index in [4.69, 9.17) is 21.1 Å². The van der Waals surface area contributed by atoms with Crippen LogP contribution in [0.4, 0.5) is 0 Å².